The second-order valence-corrected chi connectivity index (χ2v) is 4.55. The summed E-state index contributed by atoms with van der Waals surface area (Å²) in [4.78, 5) is 17.9. The number of carbonyl (C=O) groups is 1. The van der Waals surface area contributed by atoms with E-state index >= 15 is 0 Å². The minimum Gasteiger partial charge on any atom is -0.337 e. The van der Waals surface area contributed by atoms with Crippen molar-refractivity contribution >= 4 is 21.8 Å². The van der Waals surface area contributed by atoms with E-state index in [2.05, 4.69) is 20.9 Å². The average molecular weight is 269 g/mol. The van der Waals surface area contributed by atoms with Crippen molar-refractivity contribution in [1.29, 1.82) is 0 Å². The molecule has 1 aromatic heterocycles. The van der Waals surface area contributed by atoms with Crippen molar-refractivity contribution in [3.8, 4) is 0 Å². The quantitative estimate of drug-likeness (QED) is 0.768. The number of hydrogen-bond donors (Lipinski definition) is 0. The van der Waals surface area contributed by atoms with Gasteiger partial charge in [0.05, 0.1) is 0 Å². The summed E-state index contributed by atoms with van der Waals surface area (Å²) in [7, 11) is 0. The fourth-order valence-corrected chi connectivity index (χ4v) is 2.10. The molecule has 80 valence electrons. The summed E-state index contributed by atoms with van der Waals surface area (Å²) in [5.74, 6) is 0.670. The molecule has 1 aliphatic heterocycles. The third-order valence-electron chi connectivity index (χ3n) is 2.67. The Bertz CT molecular complexity index is 375. The number of alkyl halides is 1. The van der Waals surface area contributed by atoms with Gasteiger partial charge in [-0.3, -0.25) is 9.78 Å². The number of hydrogen-bond acceptors (Lipinski definition) is 2. The van der Waals surface area contributed by atoms with Gasteiger partial charge in [-0.1, -0.05) is 22.0 Å². The third kappa shape index (κ3) is 2.04. The highest BCUT2D eigenvalue weighted by atomic mass is 79.9. The summed E-state index contributed by atoms with van der Waals surface area (Å²) >= 11 is 3.42. The first-order valence-electron chi connectivity index (χ1n) is 4.99. The van der Waals surface area contributed by atoms with Crippen molar-refractivity contribution < 1.29 is 4.79 Å². The first kappa shape index (κ1) is 10.6. The van der Waals surface area contributed by atoms with E-state index in [1.54, 1.807) is 6.20 Å². The molecule has 1 fully saturated rings. The Hall–Kier alpha value is -0.900. The number of rotatable bonds is 2. The monoisotopic (exact) mass is 268 g/mol. The van der Waals surface area contributed by atoms with Gasteiger partial charge < -0.3 is 4.90 Å². The summed E-state index contributed by atoms with van der Waals surface area (Å²) < 4.78 is 0. The predicted octanol–water partition coefficient (Wildman–Crippen LogP) is 1.86. The Kier molecular flexibility index (Phi) is 3.05. The van der Waals surface area contributed by atoms with E-state index in [4.69, 9.17) is 0 Å². The lowest BCUT2D eigenvalue weighted by molar-refractivity contribution is 0.0532. The number of halogens is 1. The zero-order chi connectivity index (χ0) is 10.8. The lowest BCUT2D eigenvalue weighted by Gasteiger charge is -2.38. The van der Waals surface area contributed by atoms with E-state index < -0.39 is 0 Å². The van der Waals surface area contributed by atoms with Crippen LogP contribution >= 0.6 is 15.9 Å². The molecule has 0 atom stereocenters. The molecule has 0 aliphatic carbocycles. The van der Waals surface area contributed by atoms with Crippen LogP contribution in [0.3, 0.4) is 0 Å². The van der Waals surface area contributed by atoms with Gasteiger partial charge in [-0.15, -0.1) is 0 Å². The number of likely N-dealkylation sites (tertiary alicyclic amines) is 1. The number of aryl methyl sites for hydroxylation is 1. The van der Waals surface area contributed by atoms with E-state index in [9.17, 15) is 4.79 Å². The number of carbonyl (C=O) groups excluding carboxylic acids is 1. The third-order valence-corrected chi connectivity index (χ3v) is 3.59. The first-order valence-corrected chi connectivity index (χ1v) is 6.11. The van der Waals surface area contributed by atoms with Crippen LogP contribution < -0.4 is 0 Å². The zero-order valence-corrected chi connectivity index (χ0v) is 10.2. The minimum absolute atomic E-state index is 0.0605. The highest BCUT2D eigenvalue weighted by Crippen LogP contribution is 2.20. The van der Waals surface area contributed by atoms with Crippen LogP contribution in [0, 0.1) is 12.8 Å². The fraction of sp³-hybridized carbons (Fsp3) is 0.455. The molecule has 0 aromatic carbocycles. The molecule has 1 aliphatic rings. The number of nitrogens with zero attached hydrogens (tertiary/aromatic N) is 2. The summed E-state index contributed by atoms with van der Waals surface area (Å²) in [5, 5.41) is 0.970. The maximum Gasteiger partial charge on any atom is 0.272 e. The molecule has 2 rings (SSSR count). The fourth-order valence-electron chi connectivity index (χ4n) is 1.69. The second kappa shape index (κ2) is 4.31. The van der Waals surface area contributed by atoms with E-state index in [1.165, 1.54) is 0 Å². The van der Waals surface area contributed by atoms with E-state index in [1.807, 2.05) is 24.0 Å². The molecular formula is C11H13BrN2O. The molecule has 1 aromatic rings. The van der Waals surface area contributed by atoms with Gasteiger partial charge in [-0.2, -0.15) is 0 Å². The molecule has 4 heteroatoms. The van der Waals surface area contributed by atoms with Crippen molar-refractivity contribution in [3.63, 3.8) is 0 Å². The lowest BCUT2D eigenvalue weighted by Crippen LogP contribution is -2.50. The molecule has 0 saturated carbocycles. The Labute approximate surface area is 97.6 Å². The standard InChI is InChI=1S/C11H13BrN2O/c1-8-3-2-4-13-10(8)11(15)14-6-9(5-12)7-14/h2-4,9H,5-7H2,1H3. The Balaban J connectivity index is 2.07. The maximum absolute atomic E-state index is 12.0. The molecule has 0 spiro atoms. The molecule has 0 bridgehead atoms. The van der Waals surface area contributed by atoms with Crippen LogP contribution in [-0.2, 0) is 0 Å². The van der Waals surface area contributed by atoms with Crippen molar-refractivity contribution in [2.24, 2.45) is 5.92 Å². The van der Waals surface area contributed by atoms with Crippen molar-refractivity contribution in [1.82, 2.24) is 9.88 Å². The Morgan fingerprint density at radius 2 is 2.40 bits per heavy atom. The first-order chi connectivity index (χ1) is 7.22. The molecule has 0 radical (unpaired) electrons. The van der Waals surface area contributed by atoms with Crippen molar-refractivity contribution in [2.45, 2.75) is 6.92 Å². The zero-order valence-electron chi connectivity index (χ0n) is 8.61. The molecular weight excluding hydrogens is 256 g/mol. The molecule has 2 heterocycles. The Morgan fingerprint density at radius 3 is 3.00 bits per heavy atom. The average Bonchev–Trinajstić information content (AvgIpc) is 2.16. The molecule has 3 nitrogen and oxygen atoms in total. The number of aromatic nitrogens is 1. The largest absolute Gasteiger partial charge is 0.337 e. The van der Waals surface area contributed by atoms with Gasteiger partial charge >= 0.3 is 0 Å². The summed E-state index contributed by atoms with van der Waals surface area (Å²) in [5.41, 5.74) is 1.54. The maximum atomic E-state index is 12.0. The van der Waals surface area contributed by atoms with Crippen molar-refractivity contribution in [3.05, 3.63) is 29.6 Å². The van der Waals surface area contributed by atoms with E-state index in [0.717, 1.165) is 24.0 Å². The molecule has 1 saturated heterocycles. The smallest absolute Gasteiger partial charge is 0.272 e. The normalized spacial score (nSPS) is 16.3. The highest BCUT2D eigenvalue weighted by Gasteiger charge is 2.31. The number of pyridine rings is 1. The highest BCUT2D eigenvalue weighted by molar-refractivity contribution is 9.09. The minimum atomic E-state index is 0.0605. The van der Waals surface area contributed by atoms with Gasteiger partial charge in [0.15, 0.2) is 0 Å². The number of amides is 1. The molecule has 15 heavy (non-hydrogen) atoms. The van der Waals surface area contributed by atoms with Crippen LogP contribution in [0.5, 0.6) is 0 Å². The topological polar surface area (TPSA) is 33.2 Å². The van der Waals surface area contributed by atoms with Gasteiger partial charge in [-0.05, 0) is 18.6 Å². The molecule has 1 amide bonds. The van der Waals surface area contributed by atoms with Gasteiger partial charge in [-0.25, -0.2) is 0 Å². The van der Waals surface area contributed by atoms with Gasteiger partial charge in [0.2, 0.25) is 0 Å². The summed E-state index contributed by atoms with van der Waals surface area (Å²) in [6.07, 6.45) is 1.67. The summed E-state index contributed by atoms with van der Waals surface area (Å²) in [6.45, 7) is 3.61. The van der Waals surface area contributed by atoms with Gasteiger partial charge in [0, 0.05) is 30.5 Å². The predicted molar refractivity (Wildman–Crippen MR) is 62.2 cm³/mol. The molecule has 0 unspecified atom stereocenters. The van der Waals surface area contributed by atoms with Crippen LogP contribution in [0.25, 0.3) is 0 Å². The lowest BCUT2D eigenvalue weighted by atomic mass is 10.0. The Morgan fingerprint density at radius 1 is 1.67 bits per heavy atom. The van der Waals surface area contributed by atoms with Crippen LogP contribution in [0.1, 0.15) is 16.1 Å². The SMILES string of the molecule is Cc1cccnc1C(=O)N1CC(CBr)C1. The van der Waals surface area contributed by atoms with Crippen LogP contribution in [-0.4, -0.2) is 34.2 Å². The van der Waals surface area contributed by atoms with Gasteiger partial charge in [0.25, 0.3) is 5.91 Å². The van der Waals surface area contributed by atoms with Crippen LogP contribution in [0.4, 0.5) is 0 Å². The van der Waals surface area contributed by atoms with Gasteiger partial charge in [0.1, 0.15) is 5.69 Å². The van der Waals surface area contributed by atoms with Crippen LogP contribution in [0.2, 0.25) is 0 Å². The van der Waals surface area contributed by atoms with E-state index in [0.29, 0.717) is 11.6 Å². The molecule has 0 N–H and O–H groups in total. The second-order valence-electron chi connectivity index (χ2n) is 3.90. The van der Waals surface area contributed by atoms with E-state index in [-0.39, 0.29) is 5.91 Å². The van der Waals surface area contributed by atoms with Crippen molar-refractivity contribution in [2.75, 3.05) is 18.4 Å². The summed E-state index contributed by atoms with van der Waals surface area (Å²) in [6, 6.07) is 3.77. The van der Waals surface area contributed by atoms with Crippen LogP contribution in [0.15, 0.2) is 18.3 Å².